The van der Waals surface area contributed by atoms with Crippen LogP contribution in [0.1, 0.15) is 31.9 Å². The van der Waals surface area contributed by atoms with Gasteiger partial charge in [0.25, 0.3) is 5.56 Å². The Labute approximate surface area is 169 Å². The van der Waals surface area contributed by atoms with E-state index < -0.39 is 0 Å². The van der Waals surface area contributed by atoms with Crippen LogP contribution in [0.5, 0.6) is 0 Å². The molecule has 4 heterocycles. The molecule has 1 saturated heterocycles. The van der Waals surface area contributed by atoms with E-state index >= 15 is 0 Å². The van der Waals surface area contributed by atoms with Crippen LogP contribution in [0.15, 0.2) is 47.8 Å². The maximum Gasteiger partial charge on any atom is 0.250 e. The van der Waals surface area contributed by atoms with Crippen LogP contribution < -0.4 is 5.56 Å². The first-order chi connectivity index (χ1) is 14.1. The highest BCUT2D eigenvalue weighted by atomic mass is 19.1. The molecule has 1 aliphatic heterocycles. The van der Waals surface area contributed by atoms with Gasteiger partial charge in [-0.15, -0.1) is 0 Å². The summed E-state index contributed by atoms with van der Waals surface area (Å²) in [7, 11) is 0. The zero-order chi connectivity index (χ0) is 20.2. The lowest BCUT2D eigenvalue weighted by atomic mass is 9.94. The lowest BCUT2D eigenvalue weighted by Gasteiger charge is -2.21. The quantitative estimate of drug-likeness (QED) is 0.639. The van der Waals surface area contributed by atoms with Crippen molar-refractivity contribution in [2.75, 3.05) is 13.2 Å². The highest BCUT2D eigenvalue weighted by molar-refractivity contribution is 5.62. The standard InChI is InChI=1S/C22H25FN4O2/c1-2-7-26-15-19(3-4-22(26)28)27-14-17(12-25-27)20-13-24-18(11-21(20)23)10-16-5-8-29-9-6-16/h3-4,11-16H,2,5-10H2,1H3. The zero-order valence-corrected chi connectivity index (χ0v) is 16.6. The van der Waals surface area contributed by atoms with Gasteiger partial charge < -0.3 is 9.30 Å². The van der Waals surface area contributed by atoms with Crippen LogP contribution in [0.4, 0.5) is 4.39 Å². The van der Waals surface area contributed by atoms with Gasteiger partial charge in [-0.1, -0.05) is 6.92 Å². The van der Waals surface area contributed by atoms with Gasteiger partial charge in [-0.05, 0) is 43.7 Å². The third-order valence-corrected chi connectivity index (χ3v) is 5.34. The third-order valence-electron chi connectivity index (χ3n) is 5.34. The predicted molar refractivity (Wildman–Crippen MR) is 109 cm³/mol. The van der Waals surface area contributed by atoms with Crippen molar-refractivity contribution in [3.8, 4) is 16.8 Å². The monoisotopic (exact) mass is 396 g/mol. The first kappa shape index (κ1) is 19.5. The minimum atomic E-state index is -0.294. The van der Waals surface area contributed by atoms with Gasteiger partial charge in [0.05, 0.1) is 11.9 Å². The number of aromatic nitrogens is 4. The molecule has 152 valence electrons. The summed E-state index contributed by atoms with van der Waals surface area (Å²) in [6.45, 7) is 4.21. The van der Waals surface area contributed by atoms with Crippen LogP contribution in [-0.4, -0.2) is 32.5 Å². The fourth-order valence-electron chi connectivity index (χ4n) is 3.71. The second-order valence-corrected chi connectivity index (χ2v) is 7.51. The van der Waals surface area contributed by atoms with Crippen LogP contribution >= 0.6 is 0 Å². The van der Waals surface area contributed by atoms with Gasteiger partial charge >= 0.3 is 0 Å². The number of pyridine rings is 2. The third kappa shape index (κ3) is 4.45. The molecule has 7 heteroatoms. The van der Waals surface area contributed by atoms with Gasteiger partial charge in [0.2, 0.25) is 0 Å². The average Bonchev–Trinajstić information content (AvgIpc) is 3.20. The van der Waals surface area contributed by atoms with Crippen molar-refractivity contribution in [2.24, 2.45) is 5.92 Å². The smallest absolute Gasteiger partial charge is 0.250 e. The van der Waals surface area contributed by atoms with Crippen molar-refractivity contribution < 1.29 is 9.13 Å². The van der Waals surface area contributed by atoms with Gasteiger partial charge in [0, 0.05) is 61.2 Å². The fraction of sp³-hybridized carbons (Fsp3) is 0.409. The van der Waals surface area contributed by atoms with Crippen LogP contribution in [-0.2, 0) is 17.7 Å². The highest BCUT2D eigenvalue weighted by Crippen LogP contribution is 2.25. The van der Waals surface area contributed by atoms with Crippen molar-refractivity contribution in [3.63, 3.8) is 0 Å². The van der Waals surface area contributed by atoms with Crippen LogP contribution in [0.2, 0.25) is 0 Å². The molecule has 6 nitrogen and oxygen atoms in total. The molecule has 0 spiro atoms. The predicted octanol–water partition coefficient (Wildman–Crippen LogP) is 3.61. The lowest BCUT2D eigenvalue weighted by Crippen LogP contribution is -2.19. The Hall–Kier alpha value is -2.80. The summed E-state index contributed by atoms with van der Waals surface area (Å²) in [6, 6.07) is 4.78. The van der Waals surface area contributed by atoms with E-state index in [1.807, 2.05) is 6.92 Å². The van der Waals surface area contributed by atoms with Crippen LogP contribution in [0, 0.1) is 11.7 Å². The van der Waals surface area contributed by atoms with E-state index in [9.17, 15) is 9.18 Å². The summed E-state index contributed by atoms with van der Waals surface area (Å²) in [5, 5.41) is 4.34. The molecule has 0 radical (unpaired) electrons. The molecular weight excluding hydrogens is 371 g/mol. The van der Waals surface area contributed by atoms with Crippen molar-refractivity contribution >= 4 is 0 Å². The summed E-state index contributed by atoms with van der Waals surface area (Å²) in [5.74, 6) is 0.209. The molecule has 3 aromatic rings. The topological polar surface area (TPSA) is 61.9 Å². The Kier molecular flexibility index (Phi) is 5.85. The number of ether oxygens (including phenoxy) is 1. The summed E-state index contributed by atoms with van der Waals surface area (Å²) in [6.07, 6.45) is 10.4. The molecule has 0 amide bonds. The second kappa shape index (κ2) is 8.69. The normalized spacial score (nSPS) is 15.0. The number of aryl methyl sites for hydroxylation is 1. The molecule has 0 bridgehead atoms. The average molecular weight is 396 g/mol. The number of nitrogens with zero attached hydrogens (tertiary/aromatic N) is 4. The molecular formula is C22H25FN4O2. The Balaban J connectivity index is 1.54. The highest BCUT2D eigenvalue weighted by Gasteiger charge is 2.17. The summed E-state index contributed by atoms with van der Waals surface area (Å²) in [5.41, 5.74) is 2.57. The largest absolute Gasteiger partial charge is 0.381 e. The van der Waals surface area contributed by atoms with Gasteiger partial charge in [-0.3, -0.25) is 9.78 Å². The molecule has 0 saturated carbocycles. The molecule has 0 aromatic carbocycles. The van der Waals surface area contributed by atoms with Gasteiger partial charge in [-0.25, -0.2) is 9.07 Å². The Morgan fingerprint density at radius 3 is 2.79 bits per heavy atom. The first-order valence-electron chi connectivity index (χ1n) is 10.1. The molecule has 29 heavy (non-hydrogen) atoms. The van der Waals surface area contributed by atoms with Gasteiger partial charge in [0.15, 0.2) is 0 Å². The van der Waals surface area contributed by atoms with E-state index in [2.05, 4.69) is 10.1 Å². The van der Waals surface area contributed by atoms with E-state index in [0.717, 1.165) is 50.3 Å². The second-order valence-electron chi connectivity index (χ2n) is 7.51. The molecule has 0 atom stereocenters. The molecule has 0 unspecified atom stereocenters. The zero-order valence-electron chi connectivity index (χ0n) is 16.6. The lowest BCUT2D eigenvalue weighted by molar-refractivity contribution is 0.0662. The van der Waals surface area contributed by atoms with Crippen molar-refractivity contribution in [1.29, 1.82) is 0 Å². The Morgan fingerprint density at radius 1 is 1.21 bits per heavy atom. The van der Waals surface area contributed by atoms with E-state index in [-0.39, 0.29) is 11.4 Å². The molecule has 1 aliphatic rings. The number of hydrogen-bond donors (Lipinski definition) is 0. The van der Waals surface area contributed by atoms with Gasteiger partial charge in [-0.2, -0.15) is 5.10 Å². The fourth-order valence-corrected chi connectivity index (χ4v) is 3.71. The van der Waals surface area contributed by atoms with E-state index in [1.165, 1.54) is 12.1 Å². The van der Waals surface area contributed by atoms with Crippen LogP contribution in [0.3, 0.4) is 0 Å². The minimum Gasteiger partial charge on any atom is -0.381 e. The van der Waals surface area contributed by atoms with Crippen molar-refractivity contribution in [3.05, 3.63) is 64.9 Å². The van der Waals surface area contributed by atoms with Crippen molar-refractivity contribution in [1.82, 2.24) is 19.3 Å². The Morgan fingerprint density at radius 2 is 2.03 bits per heavy atom. The van der Waals surface area contributed by atoms with Crippen molar-refractivity contribution in [2.45, 2.75) is 39.2 Å². The summed E-state index contributed by atoms with van der Waals surface area (Å²) < 4.78 is 23.5. The summed E-state index contributed by atoms with van der Waals surface area (Å²) in [4.78, 5) is 16.4. The maximum absolute atomic E-state index is 14.8. The Bertz CT molecular complexity index is 1040. The van der Waals surface area contributed by atoms with E-state index in [1.54, 1.807) is 40.1 Å². The van der Waals surface area contributed by atoms with Gasteiger partial charge in [0.1, 0.15) is 5.82 Å². The molecule has 1 fully saturated rings. The maximum atomic E-state index is 14.8. The first-order valence-corrected chi connectivity index (χ1v) is 10.1. The van der Waals surface area contributed by atoms with E-state index in [0.29, 0.717) is 23.6 Å². The number of rotatable bonds is 6. The minimum absolute atomic E-state index is 0.0432. The van der Waals surface area contributed by atoms with E-state index in [4.69, 9.17) is 4.74 Å². The number of hydrogen-bond acceptors (Lipinski definition) is 4. The SMILES string of the molecule is CCCn1cc(-n2cc(-c3cnc(CC4CCOCC4)cc3F)cn2)ccc1=O. The molecule has 0 aliphatic carbocycles. The van der Waals surface area contributed by atoms with Crippen LogP contribution in [0.25, 0.3) is 16.8 Å². The molecule has 4 rings (SSSR count). The number of halogens is 1. The summed E-state index contributed by atoms with van der Waals surface area (Å²) >= 11 is 0. The molecule has 0 N–H and O–H groups in total. The molecule has 3 aromatic heterocycles.